The van der Waals surface area contributed by atoms with Crippen molar-refractivity contribution in [1.29, 1.82) is 0 Å². The van der Waals surface area contributed by atoms with Gasteiger partial charge >= 0.3 is 0 Å². The van der Waals surface area contributed by atoms with Gasteiger partial charge in [0.2, 0.25) is 0 Å². The predicted octanol–water partition coefficient (Wildman–Crippen LogP) is 1.86. The van der Waals surface area contributed by atoms with Gasteiger partial charge in [-0.25, -0.2) is 0 Å². The van der Waals surface area contributed by atoms with Crippen LogP contribution in [0.3, 0.4) is 0 Å². The van der Waals surface area contributed by atoms with Crippen molar-refractivity contribution in [3.8, 4) is 0 Å². The summed E-state index contributed by atoms with van der Waals surface area (Å²) in [5, 5.41) is 0. The first-order chi connectivity index (χ1) is 10.1. The Hall–Kier alpha value is -2.56. The molecular weight excluding hydrogens is 266 g/mol. The molecule has 0 spiro atoms. The number of aryl methyl sites for hydroxylation is 2. The molecule has 3 N–H and O–H groups in total. The second-order valence-electron chi connectivity index (χ2n) is 5.34. The zero-order valence-electron chi connectivity index (χ0n) is 11.8. The first-order valence-electron chi connectivity index (χ1n) is 6.96. The second kappa shape index (κ2) is 5.09. The number of hydrogen-bond donors (Lipinski definition) is 2. The maximum atomic E-state index is 12.7. The second-order valence-corrected chi connectivity index (χ2v) is 5.34. The maximum absolute atomic E-state index is 12.7. The van der Waals surface area contributed by atoms with E-state index >= 15 is 0 Å². The van der Waals surface area contributed by atoms with E-state index in [2.05, 4.69) is 4.98 Å². The molecule has 1 aromatic heterocycles. The first kappa shape index (κ1) is 13.4. The number of aromatic nitrogens is 1. The summed E-state index contributed by atoms with van der Waals surface area (Å²) in [7, 11) is 0. The van der Waals surface area contributed by atoms with Crippen molar-refractivity contribution in [2.45, 2.75) is 19.8 Å². The van der Waals surface area contributed by atoms with Crippen molar-refractivity contribution in [2.75, 3.05) is 17.2 Å². The van der Waals surface area contributed by atoms with E-state index in [1.54, 1.807) is 17.9 Å². The van der Waals surface area contributed by atoms with Gasteiger partial charge in [-0.05, 0) is 43.5 Å². The molecule has 5 heteroatoms. The number of nitrogens with zero attached hydrogens (tertiary/aromatic N) is 1. The van der Waals surface area contributed by atoms with E-state index in [9.17, 15) is 9.59 Å². The topological polar surface area (TPSA) is 79.2 Å². The molecule has 0 radical (unpaired) electrons. The molecule has 0 aliphatic carbocycles. The number of H-pyrrole nitrogens is 1. The van der Waals surface area contributed by atoms with Gasteiger partial charge in [0, 0.05) is 35.9 Å². The molecule has 1 amide bonds. The monoisotopic (exact) mass is 283 g/mol. The smallest absolute Gasteiger partial charge is 0.263 e. The summed E-state index contributed by atoms with van der Waals surface area (Å²) in [6.07, 6.45) is 3.26. The zero-order valence-corrected chi connectivity index (χ0v) is 11.8. The molecule has 1 aliphatic rings. The van der Waals surface area contributed by atoms with Crippen LogP contribution < -0.4 is 16.1 Å². The molecule has 1 aromatic carbocycles. The van der Waals surface area contributed by atoms with Gasteiger partial charge in [-0.1, -0.05) is 0 Å². The highest BCUT2D eigenvalue weighted by Crippen LogP contribution is 2.29. The lowest BCUT2D eigenvalue weighted by molar-refractivity contribution is 0.0983. The van der Waals surface area contributed by atoms with Crippen LogP contribution in [0, 0.1) is 6.92 Å². The van der Waals surface area contributed by atoms with Gasteiger partial charge in [0.25, 0.3) is 5.91 Å². The van der Waals surface area contributed by atoms with E-state index in [1.807, 2.05) is 12.1 Å². The number of nitrogens with two attached hydrogens (primary N) is 1. The van der Waals surface area contributed by atoms with Gasteiger partial charge in [-0.3, -0.25) is 9.59 Å². The predicted molar refractivity (Wildman–Crippen MR) is 82.7 cm³/mol. The van der Waals surface area contributed by atoms with Crippen molar-refractivity contribution in [1.82, 2.24) is 4.98 Å². The Kier molecular flexibility index (Phi) is 3.25. The molecule has 5 nitrogen and oxygen atoms in total. The van der Waals surface area contributed by atoms with Gasteiger partial charge in [-0.15, -0.1) is 0 Å². The standard InChI is InChI=1S/C16H17N3O2/c1-10-7-15(20)13(9-18-10)16(21)19-6-2-3-11-8-12(17)4-5-14(11)19/h4-5,7-9H,2-3,6,17H2,1H3,(H,18,20). The van der Waals surface area contributed by atoms with Crippen LogP contribution in [-0.4, -0.2) is 17.4 Å². The minimum absolute atomic E-state index is 0.172. The summed E-state index contributed by atoms with van der Waals surface area (Å²) in [4.78, 5) is 29.2. The van der Waals surface area contributed by atoms with Crippen LogP contribution in [0.2, 0.25) is 0 Å². The van der Waals surface area contributed by atoms with E-state index < -0.39 is 0 Å². The highest BCUT2D eigenvalue weighted by molar-refractivity contribution is 6.06. The lowest BCUT2D eigenvalue weighted by Crippen LogP contribution is -2.38. The average molecular weight is 283 g/mol. The van der Waals surface area contributed by atoms with Crippen molar-refractivity contribution >= 4 is 17.3 Å². The number of rotatable bonds is 1. The van der Waals surface area contributed by atoms with Crippen LogP contribution in [0.4, 0.5) is 11.4 Å². The molecule has 0 saturated heterocycles. The number of carbonyl (C=O) groups excluding carboxylic acids is 1. The Labute approximate surface area is 122 Å². The molecule has 21 heavy (non-hydrogen) atoms. The molecule has 0 bridgehead atoms. The Morgan fingerprint density at radius 1 is 1.33 bits per heavy atom. The molecule has 108 valence electrons. The Bertz CT molecular complexity index is 764. The number of hydrogen-bond acceptors (Lipinski definition) is 3. The molecule has 1 aliphatic heterocycles. The van der Waals surface area contributed by atoms with Crippen LogP contribution in [-0.2, 0) is 6.42 Å². The highest BCUT2D eigenvalue weighted by atomic mass is 16.2. The van der Waals surface area contributed by atoms with E-state index in [1.165, 1.54) is 12.3 Å². The fourth-order valence-corrected chi connectivity index (χ4v) is 2.71. The average Bonchev–Trinajstić information content (AvgIpc) is 2.45. The highest BCUT2D eigenvalue weighted by Gasteiger charge is 2.25. The van der Waals surface area contributed by atoms with Crippen LogP contribution in [0.1, 0.15) is 28.0 Å². The Morgan fingerprint density at radius 3 is 2.90 bits per heavy atom. The molecule has 0 unspecified atom stereocenters. The quantitative estimate of drug-likeness (QED) is 0.784. The minimum Gasteiger partial charge on any atom is -0.399 e. The van der Waals surface area contributed by atoms with Crippen molar-refractivity contribution in [3.05, 3.63) is 57.5 Å². The van der Waals surface area contributed by atoms with E-state index in [0.717, 1.165) is 29.8 Å². The van der Waals surface area contributed by atoms with E-state index in [4.69, 9.17) is 5.73 Å². The van der Waals surface area contributed by atoms with Gasteiger partial charge in [0.1, 0.15) is 5.56 Å². The third-order valence-corrected chi connectivity index (χ3v) is 3.75. The molecule has 2 aromatic rings. The number of nitrogens with one attached hydrogen (secondary N) is 1. The first-order valence-corrected chi connectivity index (χ1v) is 6.96. The van der Waals surface area contributed by atoms with Gasteiger partial charge in [-0.2, -0.15) is 0 Å². The summed E-state index contributed by atoms with van der Waals surface area (Å²) in [6.45, 7) is 2.40. The van der Waals surface area contributed by atoms with Crippen LogP contribution >= 0.6 is 0 Å². The van der Waals surface area contributed by atoms with Crippen molar-refractivity contribution in [2.24, 2.45) is 0 Å². The zero-order chi connectivity index (χ0) is 15.0. The Balaban J connectivity index is 2.02. The minimum atomic E-state index is -0.262. The summed E-state index contributed by atoms with van der Waals surface area (Å²) in [5.41, 5.74) is 9.05. The lowest BCUT2D eigenvalue weighted by atomic mass is 10.00. The van der Waals surface area contributed by atoms with Crippen LogP contribution in [0.5, 0.6) is 0 Å². The summed E-state index contributed by atoms with van der Waals surface area (Å²) >= 11 is 0. The molecule has 0 atom stereocenters. The number of benzene rings is 1. The van der Waals surface area contributed by atoms with Crippen molar-refractivity contribution < 1.29 is 4.79 Å². The molecular formula is C16H17N3O2. The number of pyridine rings is 1. The molecule has 2 heterocycles. The number of nitrogen functional groups attached to an aromatic ring is 1. The van der Waals surface area contributed by atoms with Crippen LogP contribution in [0.15, 0.2) is 35.3 Å². The number of amides is 1. The fraction of sp³-hybridized carbons (Fsp3) is 0.250. The van der Waals surface area contributed by atoms with E-state index in [0.29, 0.717) is 12.2 Å². The number of carbonyl (C=O) groups is 1. The lowest BCUT2D eigenvalue weighted by Gasteiger charge is -2.29. The SMILES string of the molecule is Cc1cc(=O)c(C(=O)N2CCCc3cc(N)ccc32)c[nH]1. The van der Waals surface area contributed by atoms with Crippen LogP contribution in [0.25, 0.3) is 0 Å². The summed E-state index contributed by atoms with van der Waals surface area (Å²) < 4.78 is 0. The van der Waals surface area contributed by atoms with E-state index in [-0.39, 0.29) is 16.9 Å². The van der Waals surface area contributed by atoms with Gasteiger partial charge in [0.15, 0.2) is 5.43 Å². The van der Waals surface area contributed by atoms with Gasteiger partial charge in [0.05, 0.1) is 0 Å². The van der Waals surface area contributed by atoms with Crippen molar-refractivity contribution in [3.63, 3.8) is 0 Å². The molecule has 0 saturated carbocycles. The number of aromatic amines is 1. The maximum Gasteiger partial charge on any atom is 0.263 e. The summed E-state index contributed by atoms with van der Waals surface area (Å²) in [6, 6.07) is 6.98. The number of fused-ring (bicyclic) bond motifs is 1. The molecule has 0 fully saturated rings. The Morgan fingerprint density at radius 2 is 2.14 bits per heavy atom. The van der Waals surface area contributed by atoms with Gasteiger partial charge < -0.3 is 15.6 Å². The molecule has 3 rings (SSSR count). The summed E-state index contributed by atoms with van der Waals surface area (Å²) in [5.74, 6) is -0.262. The third-order valence-electron chi connectivity index (χ3n) is 3.75. The number of anilines is 2. The normalized spacial score (nSPS) is 13.9. The largest absolute Gasteiger partial charge is 0.399 e. The third kappa shape index (κ3) is 2.42. The fourth-order valence-electron chi connectivity index (χ4n) is 2.71.